The summed E-state index contributed by atoms with van der Waals surface area (Å²) in [6.45, 7) is 2.42. The van der Waals surface area contributed by atoms with Gasteiger partial charge < -0.3 is 10.6 Å². The van der Waals surface area contributed by atoms with E-state index in [-0.39, 0.29) is 17.7 Å². The van der Waals surface area contributed by atoms with Crippen molar-refractivity contribution in [3.8, 4) is 0 Å². The predicted octanol–water partition coefficient (Wildman–Crippen LogP) is 3.88. The van der Waals surface area contributed by atoms with Crippen molar-refractivity contribution in [1.82, 2.24) is 5.32 Å². The van der Waals surface area contributed by atoms with E-state index in [1.165, 1.54) is 0 Å². The van der Waals surface area contributed by atoms with E-state index in [2.05, 4.69) is 33.2 Å². The molecule has 0 aromatic heterocycles. The Labute approximate surface area is 155 Å². The Morgan fingerprint density at radius 2 is 1.92 bits per heavy atom. The number of halogens is 1. The first kappa shape index (κ1) is 17.0. The van der Waals surface area contributed by atoms with E-state index < -0.39 is 0 Å². The Morgan fingerprint density at radius 1 is 1.17 bits per heavy atom. The number of nitrogens with one attached hydrogen (secondary N) is 2. The molecule has 0 unspecified atom stereocenters. The minimum Gasteiger partial charge on any atom is -0.348 e. The Kier molecular flexibility index (Phi) is 5.18. The summed E-state index contributed by atoms with van der Waals surface area (Å²) in [6, 6.07) is 13.3. The molecule has 0 heterocycles. The van der Waals surface area contributed by atoms with Crippen LogP contribution in [0.3, 0.4) is 0 Å². The standard InChI is InChI=1S/C19H19IN2O2/c1-12-4-2-7-16(17(12)20)19(24)21-11-13-5-3-6-15(10-13)22-18(23)14-8-9-14/h2-7,10,14H,8-9,11H2,1H3,(H,21,24)(H,22,23). The number of aryl methyl sites for hydroxylation is 1. The number of carbonyl (C=O) groups excluding carboxylic acids is 2. The van der Waals surface area contributed by atoms with Crippen molar-refractivity contribution >= 4 is 40.1 Å². The van der Waals surface area contributed by atoms with Crippen LogP contribution in [0.5, 0.6) is 0 Å². The molecule has 1 saturated carbocycles. The topological polar surface area (TPSA) is 58.2 Å². The van der Waals surface area contributed by atoms with E-state index in [0.717, 1.165) is 33.2 Å². The predicted molar refractivity (Wildman–Crippen MR) is 103 cm³/mol. The first-order chi connectivity index (χ1) is 11.5. The maximum absolute atomic E-state index is 12.4. The molecule has 0 saturated heterocycles. The van der Waals surface area contributed by atoms with Crippen LogP contribution in [0.2, 0.25) is 0 Å². The molecule has 2 N–H and O–H groups in total. The van der Waals surface area contributed by atoms with Crippen molar-refractivity contribution < 1.29 is 9.59 Å². The molecule has 0 aliphatic heterocycles. The minimum absolute atomic E-state index is 0.0875. The molecule has 3 rings (SSSR count). The average molecular weight is 434 g/mol. The third-order valence-corrected chi connectivity index (χ3v) is 5.46. The number of benzene rings is 2. The molecule has 2 amide bonds. The molecule has 0 spiro atoms. The lowest BCUT2D eigenvalue weighted by atomic mass is 10.1. The van der Waals surface area contributed by atoms with Gasteiger partial charge in [0.05, 0.1) is 5.56 Å². The number of rotatable bonds is 5. The second-order valence-corrected chi connectivity index (χ2v) is 7.16. The van der Waals surface area contributed by atoms with Crippen molar-refractivity contribution in [2.75, 3.05) is 5.32 Å². The highest BCUT2D eigenvalue weighted by Crippen LogP contribution is 2.30. The van der Waals surface area contributed by atoms with Crippen LogP contribution in [-0.4, -0.2) is 11.8 Å². The van der Waals surface area contributed by atoms with E-state index in [1.54, 1.807) is 0 Å². The molecule has 124 valence electrons. The van der Waals surface area contributed by atoms with Crippen LogP contribution in [0.4, 0.5) is 5.69 Å². The zero-order chi connectivity index (χ0) is 17.1. The largest absolute Gasteiger partial charge is 0.348 e. The first-order valence-electron chi connectivity index (χ1n) is 7.97. The summed E-state index contributed by atoms with van der Waals surface area (Å²) in [6.07, 6.45) is 1.97. The molecule has 4 nitrogen and oxygen atoms in total. The first-order valence-corrected chi connectivity index (χ1v) is 9.05. The van der Waals surface area contributed by atoms with Crippen molar-refractivity contribution in [1.29, 1.82) is 0 Å². The van der Waals surface area contributed by atoms with Gasteiger partial charge in [0.15, 0.2) is 0 Å². The fourth-order valence-electron chi connectivity index (χ4n) is 2.45. The van der Waals surface area contributed by atoms with E-state index in [1.807, 2.05) is 49.4 Å². The summed E-state index contributed by atoms with van der Waals surface area (Å²) in [5, 5.41) is 5.87. The summed E-state index contributed by atoms with van der Waals surface area (Å²) >= 11 is 2.20. The Bertz CT molecular complexity index is 785. The highest BCUT2D eigenvalue weighted by molar-refractivity contribution is 14.1. The maximum atomic E-state index is 12.4. The van der Waals surface area contributed by atoms with Gasteiger partial charge in [0.25, 0.3) is 5.91 Å². The highest BCUT2D eigenvalue weighted by atomic mass is 127. The van der Waals surface area contributed by atoms with Gasteiger partial charge in [0, 0.05) is 21.7 Å². The highest BCUT2D eigenvalue weighted by Gasteiger charge is 2.29. The fraction of sp³-hybridized carbons (Fsp3) is 0.263. The van der Waals surface area contributed by atoms with Gasteiger partial charge in [0.2, 0.25) is 5.91 Å². The minimum atomic E-state index is -0.0875. The fourth-order valence-corrected chi connectivity index (χ4v) is 3.05. The molecule has 2 aromatic carbocycles. The third kappa shape index (κ3) is 4.14. The van der Waals surface area contributed by atoms with E-state index in [9.17, 15) is 9.59 Å². The van der Waals surface area contributed by atoms with E-state index in [0.29, 0.717) is 12.1 Å². The number of hydrogen-bond donors (Lipinski definition) is 2. The zero-order valence-electron chi connectivity index (χ0n) is 13.4. The molecule has 24 heavy (non-hydrogen) atoms. The maximum Gasteiger partial charge on any atom is 0.252 e. The summed E-state index contributed by atoms with van der Waals surface area (Å²) in [5.74, 6) is 0.178. The number of carbonyl (C=O) groups is 2. The van der Waals surface area contributed by atoms with Crippen LogP contribution in [0, 0.1) is 16.4 Å². The lowest BCUT2D eigenvalue weighted by Gasteiger charge is -2.10. The normalized spacial score (nSPS) is 13.4. The molecule has 1 fully saturated rings. The molecule has 0 bridgehead atoms. The SMILES string of the molecule is Cc1cccc(C(=O)NCc2cccc(NC(=O)C3CC3)c2)c1I. The molecule has 5 heteroatoms. The second kappa shape index (κ2) is 7.34. The Balaban J connectivity index is 1.62. The molecule has 1 aliphatic carbocycles. The van der Waals surface area contributed by atoms with Gasteiger partial charge in [-0.05, 0) is 71.7 Å². The quantitative estimate of drug-likeness (QED) is 0.702. The van der Waals surface area contributed by atoms with Gasteiger partial charge in [0.1, 0.15) is 0 Å². The van der Waals surface area contributed by atoms with E-state index >= 15 is 0 Å². The average Bonchev–Trinajstić information content (AvgIpc) is 3.40. The number of anilines is 1. The molecule has 1 aliphatic rings. The molecule has 2 aromatic rings. The van der Waals surface area contributed by atoms with Gasteiger partial charge in [-0.25, -0.2) is 0 Å². The van der Waals surface area contributed by atoms with Crippen LogP contribution in [0.15, 0.2) is 42.5 Å². The lowest BCUT2D eigenvalue weighted by molar-refractivity contribution is -0.117. The van der Waals surface area contributed by atoms with Crippen molar-refractivity contribution in [3.63, 3.8) is 0 Å². The Hall–Kier alpha value is -1.89. The summed E-state index contributed by atoms with van der Waals surface area (Å²) in [7, 11) is 0. The van der Waals surface area contributed by atoms with Crippen molar-refractivity contribution in [2.45, 2.75) is 26.3 Å². The summed E-state index contributed by atoms with van der Waals surface area (Å²) in [5.41, 5.74) is 3.52. The number of hydrogen-bond acceptors (Lipinski definition) is 2. The van der Waals surface area contributed by atoms with E-state index in [4.69, 9.17) is 0 Å². The van der Waals surface area contributed by atoms with Crippen LogP contribution in [0.25, 0.3) is 0 Å². The van der Waals surface area contributed by atoms with Gasteiger partial charge in [-0.2, -0.15) is 0 Å². The third-order valence-electron chi connectivity index (χ3n) is 4.03. The van der Waals surface area contributed by atoms with Crippen molar-refractivity contribution in [3.05, 3.63) is 62.7 Å². The van der Waals surface area contributed by atoms with Crippen LogP contribution in [-0.2, 0) is 11.3 Å². The van der Waals surface area contributed by atoms with Crippen LogP contribution in [0.1, 0.15) is 34.3 Å². The van der Waals surface area contributed by atoms with Gasteiger partial charge >= 0.3 is 0 Å². The monoisotopic (exact) mass is 434 g/mol. The molecule has 0 radical (unpaired) electrons. The second-order valence-electron chi connectivity index (χ2n) is 6.08. The van der Waals surface area contributed by atoms with Crippen LogP contribution >= 0.6 is 22.6 Å². The summed E-state index contributed by atoms with van der Waals surface area (Å²) in [4.78, 5) is 24.2. The number of amides is 2. The van der Waals surface area contributed by atoms with Gasteiger partial charge in [-0.1, -0.05) is 24.3 Å². The van der Waals surface area contributed by atoms with Crippen molar-refractivity contribution in [2.24, 2.45) is 5.92 Å². The molecular formula is C19H19IN2O2. The molecular weight excluding hydrogens is 415 g/mol. The lowest BCUT2D eigenvalue weighted by Crippen LogP contribution is -2.24. The van der Waals surface area contributed by atoms with Gasteiger partial charge in [-0.15, -0.1) is 0 Å². The smallest absolute Gasteiger partial charge is 0.252 e. The van der Waals surface area contributed by atoms with Crippen LogP contribution < -0.4 is 10.6 Å². The zero-order valence-corrected chi connectivity index (χ0v) is 15.6. The summed E-state index contributed by atoms with van der Waals surface area (Å²) < 4.78 is 0.970. The Morgan fingerprint density at radius 3 is 2.67 bits per heavy atom. The molecule has 0 atom stereocenters. The van der Waals surface area contributed by atoms with Gasteiger partial charge in [-0.3, -0.25) is 9.59 Å².